The average Bonchev–Trinajstić information content (AvgIpc) is 3.35. The Morgan fingerprint density at radius 1 is 0.891 bits per heavy atom. The van der Waals surface area contributed by atoms with E-state index < -0.39 is 0 Å². The van der Waals surface area contributed by atoms with Crippen molar-refractivity contribution in [2.45, 2.75) is 46.1 Å². The second-order valence-corrected chi connectivity index (χ2v) is 10.9. The third-order valence-corrected chi connectivity index (χ3v) is 7.82. The highest BCUT2D eigenvalue weighted by atomic mass is 16.5. The Kier molecular flexibility index (Phi) is 10.4. The van der Waals surface area contributed by atoms with Crippen molar-refractivity contribution in [1.82, 2.24) is 9.80 Å². The van der Waals surface area contributed by atoms with Crippen molar-refractivity contribution < 1.29 is 28.5 Å². The lowest BCUT2D eigenvalue weighted by atomic mass is 10.1. The van der Waals surface area contributed by atoms with E-state index >= 15 is 0 Å². The van der Waals surface area contributed by atoms with Crippen molar-refractivity contribution in [2.24, 2.45) is 9.98 Å². The van der Waals surface area contributed by atoms with Crippen molar-refractivity contribution in [3.63, 3.8) is 0 Å². The minimum atomic E-state index is -0.155. The number of ether oxygens (including phenoxy) is 4. The van der Waals surface area contributed by atoms with Crippen LogP contribution in [-0.2, 0) is 0 Å². The fourth-order valence-corrected chi connectivity index (χ4v) is 5.50. The molecule has 240 valence electrons. The minimum Gasteiger partial charge on any atom is -0.493 e. The van der Waals surface area contributed by atoms with E-state index in [1.807, 2.05) is 56.8 Å². The van der Waals surface area contributed by atoms with Crippen molar-refractivity contribution in [1.29, 1.82) is 0 Å². The van der Waals surface area contributed by atoms with Crippen LogP contribution < -0.4 is 18.9 Å². The zero-order valence-electron chi connectivity index (χ0n) is 27.0. The second kappa shape index (κ2) is 14.8. The fraction of sp³-hybridized carbons (Fsp3) is 0.333. The van der Waals surface area contributed by atoms with Crippen LogP contribution >= 0.6 is 0 Å². The number of carbonyl (C=O) groups is 2. The maximum Gasteiger partial charge on any atom is 0.260 e. The average molecular weight is 625 g/mol. The number of fused-ring (bicyclic) bond motifs is 3. The largest absolute Gasteiger partial charge is 0.493 e. The molecule has 10 nitrogen and oxygen atoms in total. The quantitative estimate of drug-likeness (QED) is 0.187. The summed E-state index contributed by atoms with van der Waals surface area (Å²) in [7, 11) is 3.09. The summed E-state index contributed by atoms with van der Waals surface area (Å²) in [5.41, 5.74) is 4.10. The van der Waals surface area contributed by atoms with Gasteiger partial charge in [0.2, 0.25) is 0 Å². The number of methoxy groups -OCH3 is 2. The van der Waals surface area contributed by atoms with Gasteiger partial charge in [-0.25, -0.2) is 0 Å². The van der Waals surface area contributed by atoms with Crippen LogP contribution in [0.3, 0.4) is 0 Å². The van der Waals surface area contributed by atoms with E-state index in [1.165, 1.54) is 0 Å². The summed E-state index contributed by atoms with van der Waals surface area (Å²) in [5.74, 6) is 1.60. The summed E-state index contributed by atoms with van der Waals surface area (Å²) in [5, 5.41) is 0. The number of aliphatic imine (C=N–C) groups is 2. The van der Waals surface area contributed by atoms with Gasteiger partial charge in [-0.15, -0.1) is 0 Å². The number of carbonyl (C=O) groups excluding carboxylic acids is 2. The normalized spacial score (nSPS) is 17.5. The molecule has 5 rings (SSSR count). The van der Waals surface area contributed by atoms with E-state index in [1.54, 1.807) is 54.5 Å². The van der Waals surface area contributed by atoms with E-state index in [9.17, 15) is 9.59 Å². The summed E-state index contributed by atoms with van der Waals surface area (Å²) in [6, 6.07) is 6.72. The first-order valence-electron chi connectivity index (χ1n) is 15.5. The molecule has 3 aliphatic heterocycles. The molecule has 1 atom stereocenters. The molecule has 3 heterocycles. The van der Waals surface area contributed by atoms with E-state index in [0.29, 0.717) is 71.7 Å². The number of nitrogens with zero attached hydrogens (tertiary/aromatic N) is 4. The van der Waals surface area contributed by atoms with Gasteiger partial charge in [-0.1, -0.05) is 31.2 Å². The molecule has 0 unspecified atom stereocenters. The molecule has 10 heteroatoms. The number of allylic oxidation sites excluding steroid dienone is 5. The molecule has 0 N–H and O–H groups in total. The number of amides is 2. The van der Waals surface area contributed by atoms with Crippen molar-refractivity contribution in [2.75, 3.05) is 34.0 Å². The van der Waals surface area contributed by atoms with Gasteiger partial charge >= 0.3 is 0 Å². The Bertz CT molecular complexity index is 1670. The summed E-state index contributed by atoms with van der Waals surface area (Å²) < 4.78 is 23.3. The van der Waals surface area contributed by atoms with Crippen LogP contribution in [0.1, 0.15) is 60.7 Å². The molecule has 0 aromatic heterocycles. The lowest BCUT2D eigenvalue weighted by Crippen LogP contribution is -2.32. The van der Waals surface area contributed by atoms with Crippen molar-refractivity contribution in [3.8, 4) is 23.0 Å². The third-order valence-electron chi connectivity index (χ3n) is 7.82. The highest BCUT2D eigenvalue weighted by Crippen LogP contribution is 2.39. The third kappa shape index (κ3) is 6.91. The van der Waals surface area contributed by atoms with Crippen molar-refractivity contribution in [3.05, 3.63) is 83.2 Å². The van der Waals surface area contributed by atoms with E-state index in [4.69, 9.17) is 18.9 Å². The molecule has 0 spiro atoms. The smallest absolute Gasteiger partial charge is 0.260 e. The Hall–Kier alpha value is -5.12. The molecule has 2 aromatic rings. The fourth-order valence-electron chi connectivity index (χ4n) is 5.50. The zero-order chi connectivity index (χ0) is 32.6. The molecule has 0 saturated heterocycles. The molecule has 0 aliphatic carbocycles. The van der Waals surface area contributed by atoms with E-state index in [2.05, 4.69) is 16.9 Å². The maximum absolute atomic E-state index is 13.4. The monoisotopic (exact) mass is 624 g/mol. The predicted molar refractivity (Wildman–Crippen MR) is 180 cm³/mol. The molecule has 2 amide bonds. The molecular formula is C36H40N4O6. The molecule has 0 fully saturated rings. The Labute approximate surface area is 270 Å². The van der Waals surface area contributed by atoms with Crippen LogP contribution in [0.25, 0.3) is 0 Å². The van der Waals surface area contributed by atoms with Crippen LogP contribution in [-0.4, -0.2) is 74.1 Å². The Morgan fingerprint density at radius 3 is 2.15 bits per heavy atom. The Balaban J connectivity index is 1.23. The van der Waals surface area contributed by atoms with Crippen LogP contribution in [0.2, 0.25) is 0 Å². The minimum absolute atomic E-state index is 0.125. The van der Waals surface area contributed by atoms with Gasteiger partial charge in [0.25, 0.3) is 11.8 Å². The van der Waals surface area contributed by atoms with Gasteiger partial charge in [0, 0.05) is 43.4 Å². The molecule has 0 bridgehead atoms. The summed E-state index contributed by atoms with van der Waals surface area (Å²) >= 11 is 0. The van der Waals surface area contributed by atoms with Gasteiger partial charge in [-0.2, -0.15) is 0 Å². The van der Waals surface area contributed by atoms with Crippen LogP contribution in [0.4, 0.5) is 11.4 Å². The van der Waals surface area contributed by atoms with E-state index in [-0.39, 0.29) is 17.9 Å². The first-order chi connectivity index (χ1) is 22.4. The zero-order valence-corrected chi connectivity index (χ0v) is 27.0. The first-order valence-corrected chi connectivity index (χ1v) is 15.5. The highest BCUT2D eigenvalue weighted by Gasteiger charge is 2.32. The molecule has 46 heavy (non-hydrogen) atoms. The number of rotatable bonds is 12. The van der Waals surface area contributed by atoms with Gasteiger partial charge in [-0.05, 0) is 50.0 Å². The van der Waals surface area contributed by atoms with E-state index in [0.717, 1.165) is 24.0 Å². The van der Waals surface area contributed by atoms with Crippen LogP contribution in [0, 0.1) is 0 Å². The topological polar surface area (TPSA) is 102 Å². The SMILES string of the molecule is C/C=C/C1=CN2C(=O)c3cc(OC)c(OCCCOc4cc5c(cc4OC)C(=O)N(/C=C(/C=C/C)CC)CC=N5)cc3N=C[C@@H]2C1. The van der Waals surface area contributed by atoms with Gasteiger partial charge in [0.15, 0.2) is 23.0 Å². The number of hydrogen-bond acceptors (Lipinski definition) is 8. The van der Waals surface area contributed by atoms with Crippen LogP contribution in [0.15, 0.2) is 82.1 Å². The lowest BCUT2D eigenvalue weighted by molar-refractivity contribution is 0.0815. The number of benzene rings is 2. The van der Waals surface area contributed by atoms with Crippen molar-refractivity contribution >= 4 is 35.6 Å². The molecule has 3 aliphatic rings. The van der Waals surface area contributed by atoms with Gasteiger partial charge < -0.3 is 28.7 Å². The number of hydrogen-bond donors (Lipinski definition) is 0. The van der Waals surface area contributed by atoms with Gasteiger partial charge in [-0.3, -0.25) is 19.6 Å². The lowest BCUT2D eigenvalue weighted by Gasteiger charge is -2.19. The van der Waals surface area contributed by atoms with Crippen LogP contribution in [0.5, 0.6) is 23.0 Å². The van der Waals surface area contributed by atoms with Gasteiger partial charge in [0.1, 0.15) is 0 Å². The summed E-state index contributed by atoms with van der Waals surface area (Å²) in [6.07, 6.45) is 17.3. The molecular weight excluding hydrogens is 584 g/mol. The summed E-state index contributed by atoms with van der Waals surface area (Å²) in [6.45, 7) is 6.98. The summed E-state index contributed by atoms with van der Waals surface area (Å²) in [4.78, 5) is 39.3. The maximum atomic E-state index is 13.4. The molecule has 0 saturated carbocycles. The standard InChI is InChI=1S/C36H40N4O6/c1-6-10-24(8-3)22-39-13-12-37-29-19-33(31(43-4)17-27(29)35(39)41)45-14-9-15-46-34-20-30-28(18-32(34)44-5)36(42)40-23-25(11-7-2)16-26(40)21-38-30/h6-7,10-12,17-23,26H,8-9,13-16H2,1-5H3/b10-6+,11-7+,24-22+/t26-/m0/s1. The highest BCUT2D eigenvalue weighted by molar-refractivity contribution is 6.04. The Morgan fingerprint density at radius 2 is 1.54 bits per heavy atom. The molecule has 2 aromatic carbocycles. The second-order valence-electron chi connectivity index (χ2n) is 10.9. The molecule has 0 radical (unpaired) electrons. The first kappa shape index (κ1) is 32.3. The van der Waals surface area contributed by atoms with Gasteiger partial charge in [0.05, 0.1) is 62.5 Å². The predicted octanol–water partition coefficient (Wildman–Crippen LogP) is 6.97.